The number of carbonyl (C=O) groups excluding carboxylic acids is 2. The van der Waals surface area contributed by atoms with Crippen molar-refractivity contribution in [2.75, 3.05) is 13.7 Å². The van der Waals surface area contributed by atoms with E-state index in [0.717, 1.165) is 16.7 Å². The number of nitrogens with one attached hydrogen (secondary N) is 1. The summed E-state index contributed by atoms with van der Waals surface area (Å²) in [5.74, 6) is -0.146. The maximum absolute atomic E-state index is 12.7. The smallest absolute Gasteiger partial charge is 0.409 e. The molecule has 1 N–H and O–H groups in total. The van der Waals surface area contributed by atoms with Crippen LogP contribution in [0.3, 0.4) is 0 Å². The summed E-state index contributed by atoms with van der Waals surface area (Å²) in [6.45, 7) is 2.89. The van der Waals surface area contributed by atoms with E-state index in [1.807, 2.05) is 37.3 Å². The first-order valence-corrected chi connectivity index (χ1v) is 8.24. The Morgan fingerprint density at radius 2 is 2.00 bits per heavy atom. The minimum atomic E-state index is -0.363. The topological polar surface area (TPSA) is 71.5 Å². The number of hydrogen-bond acceptors (Lipinski definition) is 4. The zero-order chi connectivity index (χ0) is 17.8. The molecule has 0 bridgehead atoms. The van der Waals surface area contributed by atoms with Gasteiger partial charge in [0.15, 0.2) is 0 Å². The van der Waals surface area contributed by atoms with Gasteiger partial charge in [-0.3, -0.25) is 9.78 Å². The highest BCUT2D eigenvalue weighted by Crippen LogP contribution is 2.23. The number of methoxy groups -OCH3 is 1. The Balaban J connectivity index is 1.78. The van der Waals surface area contributed by atoms with Gasteiger partial charge in [0.2, 0.25) is 0 Å². The van der Waals surface area contributed by atoms with Gasteiger partial charge in [-0.1, -0.05) is 30.3 Å². The Bertz CT molecular complexity index is 777. The molecule has 1 atom stereocenters. The highest BCUT2D eigenvalue weighted by atomic mass is 16.5. The van der Waals surface area contributed by atoms with Crippen LogP contribution in [0.15, 0.2) is 42.7 Å². The van der Waals surface area contributed by atoms with Gasteiger partial charge in [0.25, 0.3) is 5.91 Å². The van der Waals surface area contributed by atoms with Crippen molar-refractivity contribution in [1.82, 2.24) is 15.2 Å². The van der Waals surface area contributed by atoms with E-state index in [2.05, 4.69) is 10.3 Å². The average molecular weight is 339 g/mol. The lowest BCUT2D eigenvalue weighted by Gasteiger charge is -2.28. The van der Waals surface area contributed by atoms with Crippen LogP contribution in [-0.2, 0) is 17.7 Å². The van der Waals surface area contributed by atoms with E-state index < -0.39 is 0 Å². The molecule has 0 saturated heterocycles. The largest absolute Gasteiger partial charge is 0.453 e. The third kappa shape index (κ3) is 3.63. The number of amides is 2. The minimum Gasteiger partial charge on any atom is -0.453 e. The summed E-state index contributed by atoms with van der Waals surface area (Å²) in [6, 6.07) is 9.72. The standard InChI is InChI=1S/C19H21N3O3/c1-13(14-6-4-3-5-7-14)21-18(23)17-11-20-10-15-12-22(19(24)25-2)9-8-16(15)17/h3-7,10-11,13H,8-9,12H2,1-2H3,(H,21,23). The van der Waals surface area contributed by atoms with Gasteiger partial charge in [-0.25, -0.2) is 4.79 Å². The van der Waals surface area contributed by atoms with Crippen LogP contribution in [0.4, 0.5) is 4.79 Å². The molecule has 0 spiro atoms. The van der Waals surface area contributed by atoms with Crippen molar-refractivity contribution in [3.8, 4) is 0 Å². The summed E-state index contributed by atoms with van der Waals surface area (Å²) in [4.78, 5) is 30.2. The predicted molar refractivity (Wildman–Crippen MR) is 93.1 cm³/mol. The maximum Gasteiger partial charge on any atom is 0.409 e. The molecular formula is C19H21N3O3. The first-order valence-electron chi connectivity index (χ1n) is 8.24. The fraction of sp³-hybridized carbons (Fsp3) is 0.316. The number of ether oxygens (including phenoxy) is 1. The summed E-state index contributed by atoms with van der Waals surface area (Å²) < 4.78 is 4.77. The number of benzene rings is 1. The van der Waals surface area contributed by atoms with Crippen molar-refractivity contribution in [3.63, 3.8) is 0 Å². The van der Waals surface area contributed by atoms with Crippen LogP contribution < -0.4 is 5.32 Å². The van der Waals surface area contributed by atoms with Crippen LogP contribution in [-0.4, -0.2) is 35.5 Å². The molecule has 1 aromatic carbocycles. The van der Waals surface area contributed by atoms with Gasteiger partial charge < -0.3 is 15.0 Å². The first kappa shape index (κ1) is 17.0. The lowest BCUT2D eigenvalue weighted by atomic mass is 9.96. The number of nitrogens with zero attached hydrogens (tertiary/aromatic N) is 2. The molecule has 0 radical (unpaired) electrons. The summed E-state index contributed by atoms with van der Waals surface area (Å²) in [7, 11) is 1.37. The molecule has 3 rings (SSSR count). The van der Waals surface area contributed by atoms with E-state index in [1.165, 1.54) is 7.11 Å². The summed E-state index contributed by atoms with van der Waals surface area (Å²) >= 11 is 0. The fourth-order valence-corrected chi connectivity index (χ4v) is 3.07. The third-order valence-corrected chi connectivity index (χ3v) is 4.46. The Kier molecular flexibility index (Phi) is 4.97. The second-order valence-corrected chi connectivity index (χ2v) is 6.07. The van der Waals surface area contributed by atoms with Crippen LogP contribution in [0.5, 0.6) is 0 Å². The molecule has 0 saturated carbocycles. The molecule has 2 heterocycles. The summed E-state index contributed by atoms with van der Waals surface area (Å²) in [5, 5.41) is 3.02. The van der Waals surface area contributed by atoms with Crippen LogP contribution in [0.2, 0.25) is 0 Å². The Labute approximate surface area is 146 Å². The van der Waals surface area contributed by atoms with E-state index in [1.54, 1.807) is 17.3 Å². The summed E-state index contributed by atoms with van der Waals surface area (Å²) in [5.41, 5.74) is 3.46. The van der Waals surface area contributed by atoms with Gasteiger partial charge in [0.1, 0.15) is 0 Å². The lowest BCUT2D eigenvalue weighted by Crippen LogP contribution is -2.37. The predicted octanol–water partition coefficient (Wildman–Crippen LogP) is 2.70. The zero-order valence-corrected chi connectivity index (χ0v) is 14.4. The van der Waals surface area contributed by atoms with Crippen LogP contribution >= 0.6 is 0 Å². The van der Waals surface area contributed by atoms with E-state index in [-0.39, 0.29) is 18.0 Å². The van der Waals surface area contributed by atoms with Crippen molar-refractivity contribution < 1.29 is 14.3 Å². The second-order valence-electron chi connectivity index (χ2n) is 6.07. The van der Waals surface area contributed by atoms with E-state index in [0.29, 0.717) is 25.1 Å². The number of hydrogen-bond donors (Lipinski definition) is 1. The highest BCUT2D eigenvalue weighted by molar-refractivity contribution is 5.96. The van der Waals surface area contributed by atoms with Gasteiger partial charge >= 0.3 is 6.09 Å². The molecule has 1 aliphatic heterocycles. The zero-order valence-electron chi connectivity index (χ0n) is 14.4. The van der Waals surface area contributed by atoms with Gasteiger partial charge in [-0.05, 0) is 30.0 Å². The van der Waals surface area contributed by atoms with Crippen molar-refractivity contribution in [2.24, 2.45) is 0 Å². The number of aromatic nitrogens is 1. The SMILES string of the molecule is COC(=O)N1CCc2c(cncc2C(=O)NC(C)c2ccccc2)C1. The van der Waals surface area contributed by atoms with Crippen molar-refractivity contribution in [3.05, 3.63) is 65.0 Å². The molecule has 1 aliphatic rings. The summed E-state index contributed by atoms with van der Waals surface area (Å²) in [6.07, 6.45) is 3.55. The van der Waals surface area contributed by atoms with Gasteiger partial charge in [0.05, 0.1) is 25.3 Å². The lowest BCUT2D eigenvalue weighted by molar-refractivity contribution is 0.0937. The first-order chi connectivity index (χ1) is 12.1. The molecule has 25 heavy (non-hydrogen) atoms. The minimum absolute atomic E-state index is 0.0975. The van der Waals surface area contributed by atoms with Crippen molar-refractivity contribution in [1.29, 1.82) is 0 Å². The van der Waals surface area contributed by atoms with Gasteiger partial charge in [-0.15, -0.1) is 0 Å². The number of rotatable bonds is 3. The van der Waals surface area contributed by atoms with Crippen molar-refractivity contribution >= 4 is 12.0 Å². The Morgan fingerprint density at radius 3 is 2.72 bits per heavy atom. The maximum atomic E-state index is 12.7. The Hall–Kier alpha value is -2.89. The molecule has 6 heteroatoms. The monoisotopic (exact) mass is 339 g/mol. The third-order valence-electron chi connectivity index (χ3n) is 4.46. The number of carbonyl (C=O) groups is 2. The number of fused-ring (bicyclic) bond motifs is 1. The molecule has 130 valence electrons. The quantitative estimate of drug-likeness (QED) is 0.933. The van der Waals surface area contributed by atoms with Crippen molar-refractivity contribution in [2.45, 2.75) is 25.9 Å². The van der Waals surface area contributed by atoms with E-state index in [9.17, 15) is 9.59 Å². The van der Waals surface area contributed by atoms with Gasteiger partial charge in [0, 0.05) is 18.9 Å². The molecule has 0 aliphatic carbocycles. The molecule has 6 nitrogen and oxygen atoms in total. The Morgan fingerprint density at radius 1 is 1.24 bits per heavy atom. The van der Waals surface area contributed by atoms with Crippen LogP contribution in [0, 0.1) is 0 Å². The molecule has 1 unspecified atom stereocenters. The van der Waals surface area contributed by atoms with E-state index in [4.69, 9.17) is 4.74 Å². The normalized spacial score (nSPS) is 14.4. The van der Waals surface area contributed by atoms with Crippen LogP contribution in [0.1, 0.15) is 40.0 Å². The number of pyridine rings is 1. The molecule has 2 amide bonds. The fourth-order valence-electron chi connectivity index (χ4n) is 3.07. The highest BCUT2D eigenvalue weighted by Gasteiger charge is 2.25. The molecule has 1 aromatic heterocycles. The average Bonchev–Trinajstić information content (AvgIpc) is 2.66. The molecular weight excluding hydrogens is 318 g/mol. The van der Waals surface area contributed by atoms with E-state index >= 15 is 0 Å². The van der Waals surface area contributed by atoms with Crippen LogP contribution in [0.25, 0.3) is 0 Å². The molecule has 0 fully saturated rings. The second kappa shape index (κ2) is 7.34. The van der Waals surface area contributed by atoms with Gasteiger partial charge in [-0.2, -0.15) is 0 Å². The molecule has 2 aromatic rings.